The van der Waals surface area contributed by atoms with Crippen molar-refractivity contribution in [1.82, 2.24) is 15.1 Å². The van der Waals surface area contributed by atoms with E-state index in [0.29, 0.717) is 27.9 Å². The predicted molar refractivity (Wildman–Crippen MR) is 121 cm³/mol. The molecule has 4 rings (SSSR count). The molecule has 1 fully saturated rings. The van der Waals surface area contributed by atoms with Crippen LogP contribution in [0.3, 0.4) is 0 Å². The second-order valence-corrected chi connectivity index (χ2v) is 8.11. The molecule has 0 aliphatic heterocycles. The van der Waals surface area contributed by atoms with Crippen LogP contribution in [0.25, 0.3) is 16.9 Å². The first kappa shape index (κ1) is 21.2. The van der Waals surface area contributed by atoms with Gasteiger partial charge in [-0.2, -0.15) is 5.10 Å². The third kappa shape index (κ3) is 4.69. The van der Waals surface area contributed by atoms with Crippen LogP contribution in [-0.2, 0) is 0 Å². The lowest BCUT2D eigenvalue weighted by atomic mass is 9.95. The molecule has 3 aromatic rings. The molecule has 1 amide bonds. The molecule has 0 unspecified atom stereocenters. The van der Waals surface area contributed by atoms with Crippen molar-refractivity contribution in [2.24, 2.45) is 0 Å². The van der Waals surface area contributed by atoms with Gasteiger partial charge in [-0.3, -0.25) is 4.79 Å². The number of rotatable bonds is 6. The molecular formula is C24H26ClN3O3. The molecule has 0 saturated heterocycles. The van der Waals surface area contributed by atoms with Gasteiger partial charge in [-0.1, -0.05) is 30.9 Å². The van der Waals surface area contributed by atoms with E-state index >= 15 is 0 Å². The summed E-state index contributed by atoms with van der Waals surface area (Å²) in [6.07, 6.45) is 5.56. The van der Waals surface area contributed by atoms with Crippen molar-refractivity contribution in [3.05, 3.63) is 59.2 Å². The fourth-order valence-electron chi connectivity index (χ4n) is 3.97. The molecule has 1 heterocycles. The largest absolute Gasteiger partial charge is 0.497 e. The Hall–Kier alpha value is -2.99. The number of benzene rings is 2. The van der Waals surface area contributed by atoms with Gasteiger partial charge in [-0.05, 0) is 55.3 Å². The topological polar surface area (TPSA) is 65.4 Å². The second kappa shape index (κ2) is 9.43. The third-order valence-corrected chi connectivity index (χ3v) is 5.89. The fourth-order valence-corrected chi connectivity index (χ4v) is 4.10. The minimum Gasteiger partial charge on any atom is -0.497 e. The van der Waals surface area contributed by atoms with Crippen LogP contribution in [0.1, 0.15) is 42.6 Å². The average molecular weight is 440 g/mol. The number of hydrogen-bond donors (Lipinski definition) is 1. The molecule has 0 bridgehead atoms. The van der Waals surface area contributed by atoms with Crippen LogP contribution in [0.2, 0.25) is 5.02 Å². The summed E-state index contributed by atoms with van der Waals surface area (Å²) in [6.45, 7) is 0. The highest BCUT2D eigenvalue weighted by Gasteiger charge is 2.23. The predicted octanol–water partition coefficient (Wildman–Crippen LogP) is 5.27. The number of nitrogens with zero attached hydrogens (tertiary/aromatic N) is 2. The number of carbonyl (C=O) groups is 1. The van der Waals surface area contributed by atoms with Crippen LogP contribution >= 0.6 is 11.6 Å². The molecule has 0 radical (unpaired) electrons. The van der Waals surface area contributed by atoms with Gasteiger partial charge in [0.05, 0.1) is 25.6 Å². The maximum atomic E-state index is 13.2. The van der Waals surface area contributed by atoms with E-state index in [2.05, 4.69) is 5.32 Å². The van der Waals surface area contributed by atoms with Crippen LogP contribution in [0, 0.1) is 0 Å². The summed E-state index contributed by atoms with van der Waals surface area (Å²) >= 11 is 6.06. The lowest BCUT2D eigenvalue weighted by molar-refractivity contribution is 0.0920. The first-order chi connectivity index (χ1) is 15.1. The maximum absolute atomic E-state index is 13.2. The molecule has 7 heteroatoms. The molecule has 1 aromatic heterocycles. The van der Waals surface area contributed by atoms with E-state index in [1.807, 2.05) is 24.3 Å². The van der Waals surface area contributed by atoms with Crippen molar-refractivity contribution in [2.75, 3.05) is 14.2 Å². The summed E-state index contributed by atoms with van der Waals surface area (Å²) in [5, 5.41) is 8.57. The van der Waals surface area contributed by atoms with Crippen molar-refractivity contribution < 1.29 is 14.3 Å². The third-order valence-electron chi connectivity index (χ3n) is 5.64. The molecule has 6 nitrogen and oxygen atoms in total. The molecular weight excluding hydrogens is 414 g/mol. The van der Waals surface area contributed by atoms with Crippen LogP contribution in [0.4, 0.5) is 0 Å². The zero-order valence-electron chi connectivity index (χ0n) is 17.7. The van der Waals surface area contributed by atoms with E-state index in [-0.39, 0.29) is 11.9 Å². The molecule has 0 spiro atoms. The molecule has 1 N–H and O–H groups in total. The van der Waals surface area contributed by atoms with E-state index in [0.717, 1.165) is 36.9 Å². The Bertz CT molecular complexity index is 1060. The van der Waals surface area contributed by atoms with Crippen molar-refractivity contribution in [3.8, 4) is 28.4 Å². The Morgan fingerprint density at radius 3 is 2.45 bits per heavy atom. The number of amides is 1. The summed E-state index contributed by atoms with van der Waals surface area (Å²) in [5.74, 6) is 1.18. The molecule has 1 aliphatic rings. The zero-order chi connectivity index (χ0) is 21.8. The average Bonchev–Trinajstić information content (AvgIpc) is 3.25. The number of ether oxygens (including phenoxy) is 2. The lowest BCUT2D eigenvalue weighted by Crippen LogP contribution is -2.37. The molecule has 162 valence electrons. The van der Waals surface area contributed by atoms with Crippen molar-refractivity contribution >= 4 is 17.5 Å². The number of methoxy groups -OCH3 is 2. The lowest BCUT2D eigenvalue weighted by Gasteiger charge is -2.22. The van der Waals surface area contributed by atoms with Gasteiger partial charge in [0.25, 0.3) is 5.91 Å². The number of aromatic nitrogens is 2. The van der Waals surface area contributed by atoms with E-state index in [4.69, 9.17) is 26.2 Å². The van der Waals surface area contributed by atoms with Crippen LogP contribution in [0.5, 0.6) is 11.5 Å². The van der Waals surface area contributed by atoms with Crippen molar-refractivity contribution in [3.63, 3.8) is 0 Å². The quantitative estimate of drug-likeness (QED) is 0.568. The highest BCUT2D eigenvalue weighted by atomic mass is 35.5. The van der Waals surface area contributed by atoms with E-state index in [9.17, 15) is 4.79 Å². The van der Waals surface area contributed by atoms with Gasteiger partial charge in [-0.15, -0.1) is 0 Å². The summed E-state index contributed by atoms with van der Waals surface area (Å²) in [5.41, 5.74) is 2.66. The highest BCUT2D eigenvalue weighted by molar-refractivity contribution is 6.30. The van der Waals surface area contributed by atoms with Crippen LogP contribution < -0.4 is 14.8 Å². The zero-order valence-corrected chi connectivity index (χ0v) is 18.5. The first-order valence-corrected chi connectivity index (χ1v) is 10.9. The summed E-state index contributed by atoms with van der Waals surface area (Å²) < 4.78 is 12.5. The minimum atomic E-state index is -0.131. The second-order valence-electron chi connectivity index (χ2n) is 7.68. The molecule has 0 atom stereocenters. The molecule has 1 aliphatic carbocycles. The monoisotopic (exact) mass is 439 g/mol. The summed E-state index contributed by atoms with van der Waals surface area (Å²) in [6, 6.07) is 14.8. The summed E-state index contributed by atoms with van der Waals surface area (Å²) in [7, 11) is 3.21. The number of hydrogen-bond acceptors (Lipinski definition) is 4. The van der Waals surface area contributed by atoms with Crippen LogP contribution in [0.15, 0.2) is 48.5 Å². The normalized spacial score (nSPS) is 14.3. The van der Waals surface area contributed by atoms with Crippen molar-refractivity contribution in [1.29, 1.82) is 0 Å². The van der Waals surface area contributed by atoms with Crippen molar-refractivity contribution in [2.45, 2.75) is 38.1 Å². The number of carbonyl (C=O) groups excluding carboxylic acids is 1. The summed E-state index contributed by atoms with van der Waals surface area (Å²) in [4.78, 5) is 13.2. The van der Waals surface area contributed by atoms with Gasteiger partial charge in [0.15, 0.2) is 0 Å². The van der Waals surface area contributed by atoms with Gasteiger partial charge in [0, 0.05) is 22.7 Å². The number of halogens is 1. The maximum Gasteiger partial charge on any atom is 0.270 e. The SMILES string of the molecule is COc1ccc(-c2cc(C(=O)NC3CCCCC3)n(-c3ccc(Cl)cc3)n2)c(OC)c1. The molecule has 2 aromatic carbocycles. The first-order valence-electron chi connectivity index (χ1n) is 10.5. The van der Waals surface area contributed by atoms with E-state index in [1.165, 1.54) is 6.42 Å². The Labute approximate surface area is 187 Å². The Morgan fingerprint density at radius 1 is 1.03 bits per heavy atom. The van der Waals surface area contributed by atoms with Gasteiger partial charge < -0.3 is 14.8 Å². The fraction of sp³-hybridized carbons (Fsp3) is 0.333. The molecule has 31 heavy (non-hydrogen) atoms. The van der Waals surface area contributed by atoms with Gasteiger partial charge in [-0.25, -0.2) is 4.68 Å². The Balaban J connectivity index is 1.75. The standard InChI is InChI=1S/C24H26ClN3O3/c1-30-19-12-13-20(23(14-19)31-2)21-15-22(24(29)26-17-6-4-3-5-7-17)28(27-21)18-10-8-16(25)9-11-18/h8-15,17H,3-7H2,1-2H3,(H,26,29). The van der Waals surface area contributed by atoms with Gasteiger partial charge in [0.2, 0.25) is 0 Å². The van der Waals surface area contributed by atoms with E-state index in [1.54, 1.807) is 43.2 Å². The van der Waals surface area contributed by atoms with Gasteiger partial charge in [0.1, 0.15) is 17.2 Å². The van der Waals surface area contributed by atoms with Crippen LogP contribution in [-0.4, -0.2) is 35.9 Å². The van der Waals surface area contributed by atoms with E-state index < -0.39 is 0 Å². The Kier molecular flexibility index (Phi) is 6.47. The molecule has 1 saturated carbocycles. The highest BCUT2D eigenvalue weighted by Crippen LogP contribution is 2.33. The number of nitrogens with one attached hydrogen (secondary N) is 1. The Morgan fingerprint density at radius 2 is 1.77 bits per heavy atom. The van der Waals surface area contributed by atoms with Gasteiger partial charge >= 0.3 is 0 Å². The smallest absolute Gasteiger partial charge is 0.270 e. The minimum absolute atomic E-state index is 0.131.